The zero-order chi connectivity index (χ0) is 18.1. The van der Waals surface area contributed by atoms with Crippen LogP contribution in [0.1, 0.15) is 49.0 Å². The first-order valence-electron chi connectivity index (χ1n) is 8.68. The molecule has 0 fully saturated rings. The fourth-order valence-electron chi connectivity index (χ4n) is 2.70. The first-order chi connectivity index (χ1) is 12.1. The molecule has 5 heteroatoms. The second-order valence-electron chi connectivity index (χ2n) is 6.10. The average Bonchev–Trinajstić information content (AvgIpc) is 2.62. The second kappa shape index (κ2) is 9.57. The molecule has 1 aromatic carbocycles. The minimum Gasteiger partial charge on any atom is -0.368 e. The lowest BCUT2D eigenvalue weighted by Crippen LogP contribution is -2.44. The molecule has 0 aliphatic rings. The van der Waals surface area contributed by atoms with Crippen molar-refractivity contribution < 1.29 is 9.59 Å². The number of aromatic nitrogens is 1. The van der Waals surface area contributed by atoms with E-state index in [0.29, 0.717) is 6.42 Å². The number of amides is 2. The molecule has 0 unspecified atom stereocenters. The Balaban J connectivity index is 1.92. The highest BCUT2D eigenvalue weighted by Gasteiger charge is 2.19. The number of benzene rings is 1. The Bertz CT molecular complexity index is 743. The van der Waals surface area contributed by atoms with Gasteiger partial charge in [-0.15, -0.1) is 6.58 Å². The molecule has 0 saturated carbocycles. The highest BCUT2D eigenvalue weighted by atomic mass is 16.2. The SMILES string of the molecule is C=CCCCCCC[C@@H](NC(=O)c1ccc2ccccc2n1)C(N)=O. The molecule has 0 spiro atoms. The van der Waals surface area contributed by atoms with E-state index in [1.807, 2.05) is 36.4 Å². The molecular weight excluding hydrogens is 314 g/mol. The number of rotatable bonds is 10. The van der Waals surface area contributed by atoms with Crippen molar-refractivity contribution in [1.29, 1.82) is 0 Å². The topological polar surface area (TPSA) is 85.1 Å². The maximum atomic E-state index is 12.4. The van der Waals surface area contributed by atoms with Crippen LogP contribution in [0.15, 0.2) is 49.1 Å². The fourth-order valence-corrected chi connectivity index (χ4v) is 2.70. The van der Waals surface area contributed by atoms with Gasteiger partial charge in [0.15, 0.2) is 0 Å². The highest BCUT2D eigenvalue weighted by Crippen LogP contribution is 2.12. The maximum Gasteiger partial charge on any atom is 0.270 e. The number of allylic oxidation sites excluding steroid dienone is 1. The molecule has 0 bridgehead atoms. The van der Waals surface area contributed by atoms with Crippen molar-refractivity contribution in [2.24, 2.45) is 5.73 Å². The van der Waals surface area contributed by atoms with Gasteiger partial charge in [0.2, 0.25) is 5.91 Å². The fraction of sp³-hybridized carbons (Fsp3) is 0.350. The Kier molecular flexibility index (Phi) is 7.14. The van der Waals surface area contributed by atoms with Crippen LogP contribution in [-0.4, -0.2) is 22.8 Å². The van der Waals surface area contributed by atoms with Crippen LogP contribution in [0, 0.1) is 0 Å². The number of fused-ring (bicyclic) bond motifs is 1. The van der Waals surface area contributed by atoms with Crippen LogP contribution in [0.2, 0.25) is 0 Å². The average molecular weight is 339 g/mol. The molecule has 5 nitrogen and oxygen atoms in total. The lowest BCUT2D eigenvalue weighted by atomic mass is 10.1. The van der Waals surface area contributed by atoms with Gasteiger partial charge in [0.25, 0.3) is 5.91 Å². The number of carbonyl (C=O) groups excluding carboxylic acids is 2. The van der Waals surface area contributed by atoms with Gasteiger partial charge in [-0.3, -0.25) is 9.59 Å². The van der Waals surface area contributed by atoms with E-state index >= 15 is 0 Å². The summed E-state index contributed by atoms with van der Waals surface area (Å²) in [7, 11) is 0. The normalized spacial score (nSPS) is 11.8. The number of primary amides is 1. The van der Waals surface area contributed by atoms with Crippen LogP contribution < -0.4 is 11.1 Å². The number of hydrogen-bond donors (Lipinski definition) is 2. The van der Waals surface area contributed by atoms with Crippen LogP contribution in [0.3, 0.4) is 0 Å². The molecule has 2 aromatic rings. The van der Waals surface area contributed by atoms with E-state index in [1.165, 1.54) is 0 Å². The van der Waals surface area contributed by atoms with Gasteiger partial charge in [0.05, 0.1) is 5.52 Å². The van der Waals surface area contributed by atoms with Crippen LogP contribution in [0.5, 0.6) is 0 Å². The molecule has 2 rings (SSSR count). The van der Waals surface area contributed by atoms with Crippen molar-refractivity contribution in [2.45, 2.75) is 44.6 Å². The Hall–Kier alpha value is -2.69. The van der Waals surface area contributed by atoms with E-state index in [4.69, 9.17) is 5.73 Å². The summed E-state index contributed by atoms with van der Waals surface area (Å²) in [6, 6.07) is 10.4. The zero-order valence-electron chi connectivity index (χ0n) is 14.4. The Labute approximate surface area is 148 Å². The molecule has 25 heavy (non-hydrogen) atoms. The van der Waals surface area contributed by atoms with Crippen LogP contribution in [-0.2, 0) is 4.79 Å². The number of hydrogen-bond acceptors (Lipinski definition) is 3. The summed E-state index contributed by atoms with van der Waals surface area (Å²) in [5.74, 6) is -0.888. The number of para-hydroxylation sites is 1. The highest BCUT2D eigenvalue weighted by molar-refractivity contribution is 5.97. The molecule has 1 aromatic heterocycles. The lowest BCUT2D eigenvalue weighted by molar-refractivity contribution is -0.120. The Morgan fingerprint density at radius 2 is 1.88 bits per heavy atom. The minimum absolute atomic E-state index is 0.288. The smallest absolute Gasteiger partial charge is 0.270 e. The van der Waals surface area contributed by atoms with Crippen molar-refractivity contribution >= 4 is 22.7 Å². The monoisotopic (exact) mass is 339 g/mol. The van der Waals surface area contributed by atoms with Crippen molar-refractivity contribution in [3.8, 4) is 0 Å². The standard InChI is InChI=1S/C20H25N3O2/c1-2-3-4-5-6-7-12-17(19(21)24)23-20(25)18-14-13-15-10-8-9-11-16(15)22-18/h2,8-11,13-14,17H,1,3-7,12H2,(H2,21,24)(H,23,25)/t17-/m1/s1. The van der Waals surface area contributed by atoms with Crippen LogP contribution >= 0.6 is 0 Å². The van der Waals surface area contributed by atoms with Crippen molar-refractivity contribution in [3.05, 3.63) is 54.7 Å². The van der Waals surface area contributed by atoms with Gasteiger partial charge in [-0.1, -0.05) is 49.6 Å². The van der Waals surface area contributed by atoms with E-state index in [1.54, 1.807) is 6.07 Å². The van der Waals surface area contributed by atoms with E-state index in [9.17, 15) is 9.59 Å². The molecular formula is C20H25N3O2. The van der Waals surface area contributed by atoms with E-state index in [-0.39, 0.29) is 11.6 Å². The number of carbonyl (C=O) groups is 2. The molecule has 2 amide bonds. The van der Waals surface area contributed by atoms with Crippen LogP contribution in [0.25, 0.3) is 10.9 Å². The summed E-state index contributed by atoms with van der Waals surface area (Å²) < 4.78 is 0. The number of nitrogens with zero attached hydrogens (tertiary/aromatic N) is 1. The predicted molar refractivity (Wildman–Crippen MR) is 100 cm³/mol. The number of unbranched alkanes of at least 4 members (excludes halogenated alkanes) is 4. The number of nitrogens with two attached hydrogens (primary N) is 1. The second-order valence-corrected chi connectivity index (χ2v) is 6.10. The van der Waals surface area contributed by atoms with Crippen molar-refractivity contribution in [1.82, 2.24) is 10.3 Å². The third-order valence-electron chi connectivity index (χ3n) is 4.13. The summed E-state index contributed by atoms with van der Waals surface area (Å²) in [5.41, 5.74) is 6.46. The van der Waals surface area contributed by atoms with Crippen molar-refractivity contribution in [3.63, 3.8) is 0 Å². The van der Waals surface area contributed by atoms with Crippen LogP contribution in [0.4, 0.5) is 0 Å². The van der Waals surface area contributed by atoms with E-state index in [0.717, 1.165) is 43.0 Å². The summed E-state index contributed by atoms with van der Waals surface area (Å²) >= 11 is 0. The van der Waals surface area contributed by atoms with E-state index in [2.05, 4.69) is 16.9 Å². The van der Waals surface area contributed by atoms with Gasteiger partial charge in [-0.05, 0) is 31.4 Å². The lowest BCUT2D eigenvalue weighted by Gasteiger charge is -2.15. The number of pyridine rings is 1. The van der Waals surface area contributed by atoms with Gasteiger partial charge in [-0.2, -0.15) is 0 Å². The quantitative estimate of drug-likeness (QED) is 0.514. The van der Waals surface area contributed by atoms with Gasteiger partial charge < -0.3 is 11.1 Å². The predicted octanol–water partition coefficient (Wildman–Crippen LogP) is 3.35. The molecule has 0 saturated heterocycles. The first-order valence-corrected chi connectivity index (χ1v) is 8.68. The molecule has 0 radical (unpaired) electrons. The zero-order valence-corrected chi connectivity index (χ0v) is 14.4. The summed E-state index contributed by atoms with van der Waals surface area (Å²) in [4.78, 5) is 28.3. The molecule has 132 valence electrons. The minimum atomic E-state index is -0.667. The van der Waals surface area contributed by atoms with Gasteiger partial charge in [-0.25, -0.2) is 4.98 Å². The third kappa shape index (κ3) is 5.71. The summed E-state index contributed by atoms with van der Waals surface area (Å²) in [6.45, 7) is 3.70. The van der Waals surface area contributed by atoms with Crippen molar-refractivity contribution in [2.75, 3.05) is 0 Å². The maximum absolute atomic E-state index is 12.4. The summed E-state index contributed by atoms with van der Waals surface area (Å²) in [5, 5.41) is 3.67. The van der Waals surface area contributed by atoms with E-state index < -0.39 is 11.9 Å². The largest absolute Gasteiger partial charge is 0.368 e. The first kappa shape index (κ1) is 18.6. The Morgan fingerprint density at radius 3 is 2.64 bits per heavy atom. The third-order valence-corrected chi connectivity index (χ3v) is 4.13. The summed E-state index contributed by atoms with van der Waals surface area (Å²) in [6.07, 6.45) is 7.48. The van der Waals surface area contributed by atoms with Gasteiger partial charge >= 0.3 is 0 Å². The molecule has 1 atom stereocenters. The molecule has 1 heterocycles. The van der Waals surface area contributed by atoms with Gasteiger partial charge in [0.1, 0.15) is 11.7 Å². The molecule has 0 aliphatic carbocycles. The molecule has 3 N–H and O–H groups in total. The van der Waals surface area contributed by atoms with Gasteiger partial charge in [0, 0.05) is 5.39 Å². The Morgan fingerprint density at radius 1 is 1.12 bits per heavy atom. The molecule has 0 aliphatic heterocycles. The number of nitrogens with one attached hydrogen (secondary N) is 1.